The van der Waals surface area contributed by atoms with Crippen molar-refractivity contribution in [3.8, 4) is 0 Å². The minimum absolute atomic E-state index is 0.0134. The maximum Gasteiger partial charge on any atom is 0.251 e. The number of morpholine rings is 1. The highest BCUT2D eigenvalue weighted by Crippen LogP contribution is 2.23. The Labute approximate surface area is 161 Å². The van der Waals surface area contributed by atoms with E-state index in [9.17, 15) is 4.79 Å². The van der Waals surface area contributed by atoms with Gasteiger partial charge in [-0.15, -0.1) is 0 Å². The summed E-state index contributed by atoms with van der Waals surface area (Å²) >= 11 is 0. The van der Waals surface area contributed by atoms with Crippen molar-refractivity contribution in [2.75, 3.05) is 32.8 Å². The molecule has 0 radical (unpaired) electrons. The van der Waals surface area contributed by atoms with Gasteiger partial charge in [0, 0.05) is 5.56 Å². The number of fused-ring (bicyclic) bond motifs is 1. The predicted molar refractivity (Wildman–Crippen MR) is 106 cm³/mol. The molecular formula is C23H29N2O2+. The summed E-state index contributed by atoms with van der Waals surface area (Å²) in [5, 5.41) is 3.31. The molecule has 0 spiro atoms. The highest BCUT2D eigenvalue weighted by atomic mass is 16.5. The van der Waals surface area contributed by atoms with Crippen LogP contribution < -0.4 is 10.2 Å². The van der Waals surface area contributed by atoms with E-state index in [2.05, 4.69) is 48.6 Å². The van der Waals surface area contributed by atoms with Crippen LogP contribution in [0.15, 0.2) is 42.5 Å². The molecule has 2 aromatic carbocycles. The smallest absolute Gasteiger partial charge is 0.251 e. The van der Waals surface area contributed by atoms with E-state index in [1.54, 1.807) is 0 Å². The van der Waals surface area contributed by atoms with E-state index >= 15 is 0 Å². The number of carbonyl (C=O) groups is 1. The number of hydrogen-bond donors (Lipinski definition) is 2. The van der Waals surface area contributed by atoms with Gasteiger partial charge in [-0.05, 0) is 55.0 Å². The fraction of sp³-hybridized carbons (Fsp3) is 0.435. The topological polar surface area (TPSA) is 42.8 Å². The van der Waals surface area contributed by atoms with Crippen LogP contribution in [0.5, 0.6) is 0 Å². The number of benzene rings is 2. The van der Waals surface area contributed by atoms with E-state index in [0.717, 1.165) is 51.3 Å². The Morgan fingerprint density at radius 1 is 1.07 bits per heavy atom. The largest absolute Gasteiger partial charge is 0.370 e. The second-order valence-corrected chi connectivity index (χ2v) is 7.84. The summed E-state index contributed by atoms with van der Waals surface area (Å²) in [5.74, 6) is 0.0305. The fourth-order valence-corrected chi connectivity index (χ4v) is 4.16. The Hall–Kier alpha value is -2.17. The van der Waals surface area contributed by atoms with Crippen LogP contribution >= 0.6 is 0 Å². The second-order valence-electron chi connectivity index (χ2n) is 7.84. The van der Waals surface area contributed by atoms with E-state index in [1.165, 1.54) is 33.6 Å². The molecule has 1 aliphatic heterocycles. The molecule has 1 amide bonds. The lowest BCUT2D eigenvalue weighted by molar-refractivity contribution is -0.909. The van der Waals surface area contributed by atoms with Gasteiger partial charge in [0.1, 0.15) is 25.7 Å². The summed E-state index contributed by atoms with van der Waals surface area (Å²) in [6.45, 7) is 6.58. The van der Waals surface area contributed by atoms with Crippen molar-refractivity contribution in [3.63, 3.8) is 0 Å². The monoisotopic (exact) mass is 365 g/mol. The third-order valence-electron chi connectivity index (χ3n) is 5.84. The number of nitrogens with one attached hydrogen (secondary N) is 2. The molecule has 4 nitrogen and oxygen atoms in total. The summed E-state index contributed by atoms with van der Waals surface area (Å²) in [7, 11) is 0. The number of hydrogen-bond acceptors (Lipinski definition) is 2. The fourth-order valence-electron chi connectivity index (χ4n) is 4.16. The average Bonchev–Trinajstić information content (AvgIpc) is 3.16. The summed E-state index contributed by atoms with van der Waals surface area (Å²) in [5.41, 5.74) is 5.94. The maximum absolute atomic E-state index is 13.0. The molecule has 1 saturated heterocycles. The minimum Gasteiger partial charge on any atom is -0.370 e. The van der Waals surface area contributed by atoms with Crippen LogP contribution in [0.1, 0.15) is 45.1 Å². The highest BCUT2D eigenvalue weighted by molar-refractivity contribution is 5.94. The van der Waals surface area contributed by atoms with E-state index in [1.807, 2.05) is 6.07 Å². The number of quaternary nitrogens is 1. The summed E-state index contributed by atoms with van der Waals surface area (Å²) in [4.78, 5) is 14.5. The van der Waals surface area contributed by atoms with Gasteiger partial charge in [0.2, 0.25) is 0 Å². The maximum atomic E-state index is 13.0. The molecule has 0 unspecified atom stereocenters. The molecule has 0 bridgehead atoms. The quantitative estimate of drug-likeness (QED) is 0.850. The van der Waals surface area contributed by atoms with Crippen LogP contribution in [0.2, 0.25) is 0 Å². The molecule has 0 saturated carbocycles. The zero-order valence-corrected chi connectivity index (χ0v) is 16.1. The average molecular weight is 365 g/mol. The standard InChI is InChI=1S/C23H28N2O2/c1-17-5-7-19(8-6-17)22(16-25-11-13-27-14-12-25)24-23(26)21-10-9-18-3-2-4-20(18)15-21/h5-10,15,22H,2-4,11-14,16H2,1H3,(H,24,26)/p+1/t22-/m0/s1. The summed E-state index contributed by atoms with van der Waals surface area (Å²) in [6.07, 6.45) is 3.44. The van der Waals surface area contributed by atoms with Gasteiger partial charge in [-0.1, -0.05) is 35.9 Å². The van der Waals surface area contributed by atoms with Crippen molar-refractivity contribution in [2.24, 2.45) is 0 Å². The number of aryl methyl sites for hydroxylation is 3. The first-order valence-electron chi connectivity index (χ1n) is 10.1. The lowest BCUT2D eigenvalue weighted by Crippen LogP contribution is -3.14. The lowest BCUT2D eigenvalue weighted by Gasteiger charge is -2.28. The first-order valence-corrected chi connectivity index (χ1v) is 10.1. The molecule has 142 valence electrons. The Balaban J connectivity index is 1.52. The predicted octanol–water partition coefficient (Wildman–Crippen LogP) is 1.87. The van der Waals surface area contributed by atoms with E-state index < -0.39 is 0 Å². The van der Waals surface area contributed by atoms with Gasteiger partial charge in [0.05, 0.1) is 13.2 Å². The second kappa shape index (κ2) is 8.24. The summed E-state index contributed by atoms with van der Waals surface area (Å²) < 4.78 is 5.49. The third-order valence-corrected chi connectivity index (χ3v) is 5.84. The molecule has 2 aliphatic rings. The number of ether oxygens (including phenoxy) is 1. The Morgan fingerprint density at radius 3 is 2.59 bits per heavy atom. The van der Waals surface area contributed by atoms with Crippen molar-refractivity contribution in [2.45, 2.75) is 32.2 Å². The van der Waals surface area contributed by atoms with Crippen molar-refractivity contribution in [1.29, 1.82) is 0 Å². The molecule has 27 heavy (non-hydrogen) atoms. The van der Waals surface area contributed by atoms with Crippen LogP contribution in [0, 0.1) is 6.92 Å². The van der Waals surface area contributed by atoms with Crippen LogP contribution in [0.3, 0.4) is 0 Å². The zero-order chi connectivity index (χ0) is 18.6. The molecule has 1 aliphatic carbocycles. The van der Waals surface area contributed by atoms with Gasteiger partial charge >= 0.3 is 0 Å². The Kier molecular flexibility index (Phi) is 5.55. The van der Waals surface area contributed by atoms with Crippen LogP contribution in [-0.2, 0) is 17.6 Å². The Bertz CT molecular complexity index is 795. The van der Waals surface area contributed by atoms with Gasteiger partial charge in [-0.25, -0.2) is 0 Å². The van der Waals surface area contributed by atoms with Crippen LogP contribution in [0.4, 0.5) is 0 Å². The SMILES string of the molecule is Cc1ccc([C@H](C[NH+]2CCOCC2)NC(=O)c2ccc3c(c2)CCC3)cc1. The molecule has 4 heteroatoms. The van der Waals surface area contributed by atoms with E-state index in [4.69, 9.17) is 4.74 Å². The molecule has 0 aromatic heterocycles. The molecule has 1 atom stereocenters. The van der Waals surface area contributed by atoms with Gasteiger partial charge < -0.3 is 15.0 Å². The van der Waals surface area contributed by atoms with Gasteiger partial charge in [0.25, 0.3) is 5.91 Å². The molecule has 2 aromatic rings. The van der Waals surface area contributed by atoms with Crippen LogP contribution in [-0.4, -0.2) is 38.8 Å². The Morgan fingerprint density at radius 2 is 1.81 bits per heavy atom. The highest BCUT2D eigenvalue weighted by Gasteiger charge is 2.24. The normalized spacial score (nSPS) is 18.1. The molecule has 4 rings (SSSR count). The number of rotatable bonds is 5. The van der Waals surface area contributed by atoms with Crippen molar-refractivity contribution in [3.05, 3.63) is 70.3 Å². The molecular weight excluding hydrogens is 336 g/mol. The minimum atomic E-state index is 0.0134. The zero-order valence-electron chi connectivity index (χ0n) is 16.1. The molecule has 2 N–H and O–H groups in total. The van der Waals surface area contributed by atoms with Crippen LogP contribution in [0.25, 0.3) is 0 Å². The first kappa shape index (κ1) is 18.2. The first-order chi connectivity index (χ1) is 13.2. The van der Waals surface area contributed by atoms with Gasteiger partial charge in [-0.3, -0.25) is 4.79 Å². The lowest BCUT2D eigenvalue weighted by atomic mass is 10.0. The number of amides is 1. The molecule has 1 heterocycles. The summed E-state index contributed by atoms with van der Waals surface area (Å²) in [6, 6.07) is 14.7. The van der Waals surface area contributed by atoms with Gasteiger partial charge in [0.15, 0.2) is 0 Å². The van der Waals surface area contributed by atoms with E-state index in [0.29, 0.717) is 0 Å². The van der Waals surface area contributed by atoms with Crippen molar-refractivity contribution >= 4 is 5.91 Å². The number of carbonyl (C=O) groups excluding carboxylic acids is 1. The van der Waals surface area contributed by atoms with Crippen molar-refractivity contribution < 1.29 is 14.4 Å². The molecule has 1 fully saturated rings. The van der Waals surface area contributed by atoms with Crippen molar-refractivity contribution in [1.82, 2.24) is 5.32 Å². The van der Waals surface area contributed by atoms with E-state index in [-0.39, 0.29) is 11.9 Å². The van der Waals surface area contributed by atoms with Gasteiger partial charge in [-0.2, -0.15) is 0 Å². The third kappa shape index (κ3) is 4.40.